The first-order valence-corrected chi connectivity index (χ1v) is 14.3. The molecule has 0 saturated heterocycles. The molecule has 0 aliphatic carbocycles. The van der Waals surface area contributed by atoms with E-state index in [-0.39, 0.29) is 28.3 Å². The van der Waals surface area contributed by atoms with Crippen LogP contribution >= 0.6 is 0 Å². The van der Waals surface area contributed by atoms with Crippen LogP contribution in [0.15, 0.2) is 0 Å². The third-order valence-electron chi connectivity index (χ3n) is 0.500. The lowest BCUT2D eigenvalue weighted by Gasteiger charge is -1.72. The first kappa shape index (κ1) is 32.7. The van der Waals surface area contributed by atoms with Crippen LogP contribution in [0.25, 0.3) is 0 Å². The van der Waals surface area contributed by atoms with Gasteiger partial charge in [0.1, 0.15) is 0 Å². The molecule has 12 N–H and O–H groups in total. The Morgan fingerprint density at radius 3 is 0.450 bits per heavy atom. The van der Waals surface area contributed by atoms with Crippen molar-refractivity contribution in [3.05, 3.63) is 0 Å². The van der Waals surface area contributed by atoms with Crippen molar-refractivity contribution in [2.45, 2.75) is 34.7 Å². The molecule has 20 heavy (non-hydrogen) atoms. The summed E-state index contributed by atoms with van der Waals surface area (Å²) in [6.45, 7) is 3.58. The highest BCUT2D eigenvalue weighted by molar-refractivity contribution is 6.54. The van der Waals surface area contributed by atoms with E-state index in [0.717, 1.165) is 0 Å². The fourth-order valence-electron chi connectivity index (χ4n) is 0. The second kappa shape index (κ2) is 42.7. The van der Waals surface area contributed by atoms with Gasteiger partial charge < -0.3 is 34.4 Å². The Hall–Kier alpha value is 0.825. The molecule has 0 atom stereocenters. The summed E-state index contributed by atoms with van der Waals surface area (Å²) in [5, 5.41) is 0. The fraction of sp³-hybridized carbons (Fsp3) is 1.00. The maximum absolute atomic E-state index is 4.90. The first-order valence-electron chi connectivity index (χ1n) is 7.41. The molecule has 126 valence electrons. The largest absolute Gasteiger partial charge is 0.329 e. The Morgan fingerprint density at radius 1 is 0.400 bits per heavy atom. The predicted molar refractivity (Wildman–Crippen MR) is 101 cm³/mol. The molecule has 0 rings (SSSR count). The van der Waals surface area contributed by atoms with Crippen molar-refractivity contribution in [1.29, 1.82) is 0 Å². The molecule has 0 spiro atoms. The van der Waals surface area contributed by atoms with E-state index in [1.165, 1.54) is 0 Å². The molecular formula is C12H42Al2N6. The molecule has 0 bridgehead atoms. The summed E-state index contributed by atoms with van der Waals surface area (Å²) in [7, 11) is 0. The van der Waals surface area contributed by atoms with Gasteiger partial charge in [0, 0.05) is 39.3 Å². The topological polar surface area (TPSA) is 156 Å². The van der Waals surface area contributed by atoms with E-state index < -0.39 is 0 Å². The van der Waals surface area contributed by atoms with Crippen LogP contribution in [-0.2, 0) is 0 Å². The van der Waals surface area contributed by atoms with Crippen molar-refractivity contribution < 1.29 is 0 Å². The highest BCUT2D eigenvalue weighted by Crippen LogP contribution is 1.68. The van der Waals surface area contributed by atoms with Crippen LogP contribution in [0.3, 0.4) is 0 Å². The van der Waals surface area contributed by atoms with Crippen LogP contribution in [0.4, 0.5) is 0 Å². The number of hydrogen-bond acceptors (Lipinski definition) is 6. The van der Waals surface area contributed by atoms with Crippen LogP contribution in [-0.4, -0.2) is 67.6 Å². The second-order valence-electron chi connectivity index (χ2n) is 5.20. The molecule has 0 amide bonds. The Kier molecular flexibility index (Phi) is 69.8. The zero-order valence-electron chi connectivity index (χ0n) is 14.9. The van der Waals surface area contributed by atoms with Crippen LogP contribution in [0.5, 0.6) is 0 Å². The number of hydrogen-bond donors (Lipinski definition) is 6. The smallest absolute Gasteiger partial charge is 0.251 e. The van der Waals surface area contributed by atoms with Gasteiger partial charge in [0.25, 0.3) is 28.3 Å². The maximum atomic E-state index is 4.90. The number of nitrogens with two attached hydrogens (primary N) is 6. The van der Waals surface area contributed by atoms with E-state index in [1.54, 1.807) is 0 Å². The molecule has 6 nitrogen and oxygen atoms in total. The van der Waals surface area contributed by atoms with Gasteiger partial charge in [0.15, 0.2) is 0 Å². The summed E-state index contributed by atoms with van der Waals surface area (Å²) in [6, 6.07) is 0. The maximum Gasteiger partial charge on any atom is 0.251 e. The van der Waals surface area contributed by atoms with Crippen LogP contribution in [0.1, 0.15) is 0 Å². The Bertz CT molecular complexity index is 80.9. The van der Waals surface area contributed by atoms with Crippen molar-refractivity contribution in [3.8, 4) is 0 Å². The molecule has 0 fully saturated rings. The number of rotatable bonds is 3. The zero-order valence-corrected chi connectivity index (χ0v) is 17.2. The lowest BCUT2D eigenvalue weighted by Crippen LogP contribution is -2.11. The molecule has 0 saturated carbocycles. The Balaban J connectivity index is -0.0000000469. The average Bonchev–Trinajstić information content (AvgIpc) is 2.37. The van der Waals surface area contributed by atoms with E-state index in [4.69, 9.17) is 34.4 Å². The molecule has 0 aromatic rings. The third kappa shape index (κ3) is 409. The van der Waals surface area contributed by atoms with E-state index in [2.05, 4.69) is 34.7 Å². The highest BCUT2D eigenvalue weighted by Gasteiger charge is 1.82. The summed E-state index contributed by atoms with van der Waals surface area (Å²) in [5.74, 6) is 13.8. The third-order valence-corrected chi connectivity index (χ3v) is 0.500. The van der Waals surface area contributed by atoms with Crippen molar-refractivity contribution in [1.82, 2.24) is 0 Å². The SMILES string of the molecule is NCCN.NCCN.NCCN.[CH3][Al]([CH3])[CH3].[CH3][Al]([CH3])[CH3]. The van der Waals surface area contributed by atoms with E-state index in [0.29, 0.717) is 39.3 Å². The lowest BCUT2D eigenvalue weighted by atomic mass is 10.7. The molecule has 0 aliphatic heterocycles. The van der Waals surface area contributed by atoms with Gasteiger partial charge in [-0.3, -0.25) is 0 Å². The van der Waals surface area contributed by atoms with Crippen molar-refractivity contribution in [2.24, 2.45) is 34.4 Å². The van der Waals surface area contributed by atoms with Crippen molar-refractivity contribution in [3.63, 3.8) is 0 Å². The highest BCUT2D eigenvalue weighted by atomic mass is 27.2. The van der Waals surface area contributed by atoms with Gasteiger partial charge in [0.05, 0.1) is 0 Å². The zero-order chi connectivity index (χ0) is 17.4. The normalized spacial score (nSPS) is 7.20. The fourth-order valence-corrected chi connectivity index (χ4v) is 0. The molecule has 0 unspecified atom stereocenters. The Morgan fingerprint density at radius 2 is 0.450 bits per heavy atom. The molecule has 0 radical (unpaired) electrons. The van der Waals surface area contributed by atoms with Gasteiger partial charge in [-0.2, -0.15) is 0 Å². The molecule has 0 aromatic heterocycles. The van der Waals surface area contributed by atoms with E-state index in [1.807, 2.05) is 0 Å². The standard InChI is InChI=1S/3C2H8N2.6CH3.2Al/c3*3-1-2-4;;;;;;;;/h3*1-4H2;6*1H3;;. The van der Waals surface area contributed by atoms with Crippen molar-refractivity contribution >= 4 is 28.3 Å². The van der Waals surface area contributed by atoms with Gasteiger partial charge in [-0.1, -0.05) is 0 Å². The molecule has 8 heteroatoms. The first-order chi connectivity index (χ1) is 9.21. The summed E-state index contributed by atoms with van der Waals surface area (Å²) in [4.78, 5) is 0. The quantitative estimate of drug-likeness (QED) is 0.383. The summed E-state index contributed by atoms with van der Waals surface area (Å²) < 4.78 is 0. The van der Waals surface area contributed by atoms with Gasteiger partial charge in [-0.15, -0.1) is 34.7 Å². The molecule has 0 heterocycles. The minimum Gasteiger partial charge on any atom is -0.329 e. The second-order valence-corrected chi connectivity index (χ2v) is 12.1. The predicted octanol–water partition coefficient (Wildman–Crippen LogP) is -0.547. The van der Waals surface area contributed by atoms with E-state index >= 15 is 0 Å². The van der Waals surface area contributed by atoms with Gasteiger partial charge in [0.2, 0.25) is 0 Å². The minimum absolute atomic E-state index is 0.139. The van der Waals surface area contributed by atoms with Gasteiger partial charge in [-0.25, -0.2) is 0 Å². The molecule has 0 aromatic carbocycles. The average molecular weight is 324 g/mol. The van der Waals surface area contributed by atoms with Crippen LogP contribution in [0.2, 0.25) is 34.7 Å². The summed E-state index contributed by atoms with van der Waals surface area (Å²) >= 11 is -0.278. The Labute approximate surface area is 136 Å². The monoisotopic (exact) mass is 324 g/mol. The van der Waals surface area contributed by atoms with Crippen LogP contribution < -0.4 is 34.4 Å². The summed E-state index contributed by atoms with van der Waals surface area (Å²) in [6.07, 6.45) is 0. The summed E-state index contributed by atoms with van der Waals surface area (Å²) in [5.41, 5.74) is 29.4. The van der Waals surface area contributed by atoms with Gasteiger partial charge >= 0.3 is 0 Å². The van der Waals surface area contributed by atoms with Gasteiger partial charge in [-0.05, 0) is 0 Å². The van der Waals surface area contributed by atoms with Crippen molar-refractivity contribution in [2.75, 3.05) is 39.3 Å². The molecular weight excluding hydrogens is 282 g/mol. The van der Waals surface area contributed by atoms with Crippen LogP contribution in [0, 0.1) is 0 Å². The lowest BCUT2D eigenvalue weighted by molar-refractivity contribution is 0.976. The minimum atomic E-state index is -0.139. The molecule has 0 aliphatic rings. The van der Waals surface area contributed by atoms with E-state index in [9.17, 15) is 0 Å².